The van der Waals surface area contributed by atoms with Crippen LogP contribution < -0.4 is 5.48 Å². The number of nitrogens with one attached hydrogen (secondary N) is 1. The maximum atomic E-state index is 11.7. The van der Waals surface area contributed by atoms with Gasteiger partial charge in [-0.25, -0.2) is 5.48 Å². The van der Waals surface area contributed by atoms with Gasteiger partial charge in [-0.2, -0.15) is 12.8 Å². The number of benzene rings is 1. The molecule has 0 saturated carbocycles. The van der Waals surface area contributed by atoms with Crippen molar-refractivity contribution in [2.45, 2.75) is 24.7 Å². The molecule has 7 heteroatoms. The van der Waals surface area contributed by atoms with E-state index in [0.29, 0.717) is 6.21 Å². The molecule has 0 bridgehead atoms. The van der Waals surface area contributed by atoms with Crippen LogP contribution in [-0.2, 0) is 21.2 Å². The summed E-state index contributed by atoms with van der Waals surface area (Å²) in [7, 11) is -3.90. The van der Waals surface area contributed by atoms with Crippen LogP contribution in [0.1, 0.15) is 18.9 Å². The topological polar surface area (TPSA) is 95.8 Å². The maximum absolute atomic E-state index is 11.7. The van der Waals surface area contributed by atoms with E-state index in [1.807, 2.05) is 6.92 Å². The fraction of sp³-hybridized carbons (Fsp3) is 0.273. The Morgan fingerprint density at radius 1 is 1.39 bits per heavy atom. The molecule has 0 saturated heterocycles. The highest BCUT2D eigenvalue weighted by atomic mass is 32.2. The van der Waals surface area contributed by atoms with E-state index in [4.69, 9.17) is 5.21 Å². The van der Waals surface area contributed by atoms with E-state index in [0.717, 1.165) is 18.4 Å². The van der Waals surface area contributed by atoms with Crippen molar-refractivity contribution >= 4 is 22.1 Å². The number of hydrogen-bond acceptors (Lipinski definition) is 4. The van der Waals surface area contributed by atoms with Crippen LogP contribution in [0.2, 0.25) is 0 Å². The minimum absolute atomic E-state index is 0.00402. The lowest BCUT2D eigenvalue weighted by Gasteiger charge is -2.01. The first-order chi connectivity index (χ1) is 8.49. The molecule has 1 amide bonds. The SMILES string of the molecule is CCCc1ccc(S(=O)(=O)N=CC(=O)NO)cc1. The number of carbonyl (C=O) groups is 1. The lowest BCUT2D eigenvalue weighted by molar-refractivity contribution is -0.121. The Balaban J connectivity index is 2.92. The Kier molecular flexibility index (Phi) is 4.99. The van der Waals surface area contributed by atoms with Crippen LogP contribution in [0.5, 0.6) is 0 Å². The Labute approximate surface area is 105 Å². The van der Waals surface area contributed by atoms with Crippen LogP contribution >= 0.6 is 0 Å². The molecule has 0 unspecified atom stereocenters. The average Bonchev–Trinajstić information content (AvgIpc) is 2.37. The molecule has 0 aromatic heterocycles. The molecule has 1 aromatic carbocycles. The lowest BCUT2D eigenvalue weighted by Crippen LogP contribution is -2.20. The summed E-state index contributed by atoms with van der Waals surface area (Å²) in [4.78, 5) is 10.7. The zero-order valence-corrected chi connectivity index (χ0v) is 10.6. The summed E-state index contributed by atoms with van der Waals surface area (Å²) < 4.78 is 26.5. The summed E-state index contributed by atoms with van der Waals surface area (Å²) in [5, 5.41) is 8.21. The number of hydrogen-bond donors (Lipinski definition) is 2. The number of sulfonamides is 1. The van der Waals surface area contributed by atoms with Crippen molar-refractivity contribution in [3.05, 3.63) is 29.8 Å². The van der Waals surface area contributed by atoms with E-state index >= 15 is 0 Å². The molecule has 0 aliphatic heterocycles. The van der Waals surface area contributed by atoms with Gasteiger partial charge in [-0.15, -0.1) is 0 Å². The molecule has 1 rings (SSSR count). The van der Waals surface area contributed by atoms with Crippen molar-refractivity contribution in [2.24, 2.45) is 4.40 Å². The summed E-state index contributed by atoms with van der Waals surface area (Å²) in [5.74, 6) is -0.999. The Morgan fingerprint density at radius 2 is 2.00 bits per heavy atom. The Hall–Kier alpha value is -1.73. The molecule has 6 nitrogen and oxygen atoms in total. The van der Waals surface area contributed by atoms with Crippen molar-refractivity contribution in [2.75, 3.05) is 0 Å². The second-order valence-corrected chi connectivity index (χ2v) is 5.21. The van der Waals surface area contributed by atoms with Crippen LogP contribution in [0.25, 0.3) is 0 Å². The van der Waals surface area contributed by atoms with Gasteiger partial charge in [0.15, 0.2) is 0 Å². The van der Waals surface area contributed by atoms with Gasteiger partial charge in [0, 0.05) is 0 Å². The van der Waals surface area contributed by atoms with Gasteiger partial charge in [0.1, 0.15) is 6.21 Å². The second-order valence-electron chi connectivity index (χ2n) is 3.58. The van der Waals surface area contributed by atoms with Gasteiger partial charge in [-0.05, 0) is 24.1 Å². The molecule has 0 atom stereocenters. The summed E-state index contributed by atoms with van der Waals surface area (Å²) in [6, 6.07) is 6.29. The third-order valence-corrected chi connectivity index (χ3v) is 3.43. The Morgan fingerprint density at radius 3 is 2.50 bits per heavy atom. The largest absolute Gasteiger partial charge is 0.288 e. The number of amides is 1. The first-order valence-corrected chi connectivity index (χ1v) is 6.77. The lowest BCUT2D eigenvalue weighted by atomic mass is 10.1. The summed E-state index contributed by atoms with van der Waals surface area (Å²) >= 11 is 0. The van der Waals surface area contributed by atoms with E-state index in [2.05, 4.69) is 4.40 Å². The molecule has 18 heavy (non-hydrogen) atoms. The van der Waals surface area contributed by atoms with E-state index in [1.54, 1.807) is 12.1 Å². The van der Waals surface area contributed by atoms with Crippen LogP contribution in [-0.4, -0.2) is 25.7 Å². The quantitative estimate of drug-likeness (QED) is 0.472. The number of hydroxylamine groups is 1. The zero-order valence-electron chi connectivity index (χ0n) is 9.83. The van der Waals surface area contributed by atoms with Crippen molar-refractivity contribution in [3.63, 3.8) is 0 Å². The van der Waals surface area contributed by atoms with Gasteiger partial charge in [0.05, 0.1) is 4.90 Å². The molecule has 0 heterocycles. The molecule has 0 spiro atoms. The van der Waals surface area contributed by atoms with E-state index < -0.39 is 15.9 Å². The summed E-state index contributed by atoms with van der Waals surface area (Å²) in [6.45, 7) is 2.03. The molecule has 1 aromatic rings. The molecule has 2 N–H and O–H groups in total. The molecule has 0 radical (unpaired) electrons. The first kappa shape index (κ1) is 14.3. The first-order valence-electron chi connectivity index (χ1n) is 5.33. The van der Waals surface area contributed by atoms with Gasteiger partial charge in [0.25, 0.3) is 15.9 Å². The standard InChI is InChI=1S/C11H14N2O4S/c1-2-3-9-4-6-10(7-5-9)18(16,17)12-8-11(14)13-15/h4-8,15H,2-3H2,1H3,(H,13,14). The predicted molar refractivity (Wildman–Crippen MR) is 66.0 cm³/mol. The van der Waals surface area contributed by atoms with Gasteiger partial charge < -0.3 is 0 Å². The molecular weight excluding hydrogens is 256 g/mol. The normalized spacial score (nSPS) is 11.7. The van der Waals surface area contributed by atoms with Crippen LogP contribution in [0.3, 0.4) is 0 Å². The summed E-state index contributed by atoms with van der Waals surface area (Å²) in [5.41, 5.74) is 2.30. The maximum Gasteiger partial charge on any atom is 0.286 e. The Bertz CT molecular complexity index is 535. The van der Waals surface area contributed by atoms with Gasteiger partial charge in [-0.3, -0.25) is 10.0 Å². The number of aryl methyl sites for hydroxylation is 1. The third kappa shape index (κ3) is 3.94. The number of nitrogens with zero attached hydrogens (tertiary/aromatic N) is 1. The molecule has 0 aliphatic rings. The van der Waals surface area contributed by atoms with Crippen LogP contribution in [0.15, 0.2) is 33.6 Å². The fourth-order valence-electron chi connectivity index (χ4n) is 1.32. The van der Waals surface area contributed by atoms with Gasteiger partial charge in [-0.1, -0.05) is 25.5 Å². The van der Waals surface area contributed by atoms with Crippen molar-refractivity contribution in [3.8, 4) is 0 Å². The fourth-order valence-corrected chi connectivity index (χ4v) is 2.16. The minimum atomic E-state index is -3.90. The van der Waals surface area contributed by atoms with E-state index in [-0.39, 0.29) is 4.90 Å². The predicted octanol–water partition coefficient (Wildman–Crippen LogP) is 0.904. The molecule has 0 aliphatic carbocycles. The van der Waals surface area contributed by atoms with Crippen LogP contribution in [0, 0.1) is 0 Å². The molecule has 0 fully saturated rings. The van der Waals surface area contributed by atoms with Gasteiger partial charge in [0.2, 0.25) is 0 Å². The summed E-state index contributed by atoms with van der Waals surface area (Å²) in [6.07, 6.45) is 2.35. The van der Waals surface area contributed by atoms with Crippen molar-refractivity contribution < 1.29 is 18.4 Å². The molecular formula is C11H14N2O4S. The number of rotatable bonds is 5. The second kappa shape index (κ2) is 6.27. The average molecular weight is 270 g/mol. The monoisotopic (exact) mass is 270 g/mol. The molecule has 98 valence electrons. The highest BCUT2D eigenvalue weighted by molar-refractivity contribution is 7.90. The van der Waals surface area contributed by atoms with Crippen molar-refractivity contribution in [1.82, 2.24) is 5.48 Å². The van der Waals surface area contributed by atoms with Gasteiger partial charge >= 0.3 is 0 Å². The van der Waals surface area contributed by atoms with E-state index in [1.165, 1.54) is 17.6 Å². The van der Waals surface area contributed by atoms with Crippen LogP contribution in [0.4, 0.5) is 0 Å². The third-order valence-electron chi connectivity index (χ3n) is 2.18. The smallest absolute Gasteiger partial charge is 0.286 e. The number of carbonyl (C=O) groups excluding carboxylic acids is 1. The van der Waals surface area contributed by atoms with E-state index in [9.17, 15) is 13.2 Å². The highest BCUT2D eigenvalue weighted by Crippen LogP contribution is 2.13. The van der Waals surface area contributed by atoms with Crippen molar-refractivity contribution in [1.29, 1.82) is 0 Å². The zero-order chi connectivity index (χ0) is 13.6. The minimum Gasteiger partial charge on any atom is -0.288 e. The highest BCUT2D eigenvalue weighted by Gasteiger charge is 2.11.